The number of nitrogens with zero attached hydrogens (tertiary/aromatic N) is 5. The van der Waals surface area contributed by atoms with Crippen molar-refractivity contribution in [2.24, 2.45) is 0 Å². The Morgan fingerprint density at radius 1 is 0.756 bits per heavy atom. The lowest BCUT2D eigenvalue weighted by Crippen LogP contribution is -2.52. The van der Waals surface area contributed by atoms with E-state index < -0.39 is 0 Å². The van der Waals surface area contributed by atoms with Crippen LogP contribution in [0.4, 0.5) is 10.6 Å². The first-order chi connectivity index (χ1) is 22.2. The Morgan fingerprint density at radius 3 is 2.16 bits per heavy atom. The molecule has 0 radical (unpaired) electrons. The van der Waals surface area contributed by atoms with Crippen molar-refractivity contribution < 1.29 is 14.1 Å². The number of fused-ring (bicyclic) bond motifs is 1. The minimum Gasteiger partial charge on any atom is -0.457 e. The molecule has 0 saturated carbocycles. The van der Waals surface area contributed by atoms with Crippen LogP contribution in [0.5, 0.6) is 11.5 Å². The van der Waals surface area contributed by atoms with Crippen LogP contribution in [-0.4, -0.2) is 52.2 Å². The molecule has 1 fully saturated rings. The summed E-state index contributed by atoms with van der Waals surface area (Å²) in [7, 11) is 0. The second-order valence-corrected chi connectivity index (χ2v) is 10.9. The van der Waals surface area contributed by atoms with Crippen molar-refractivity contribution in [3.8, 4) is 22.8 Å². The number of carbonyl (C=O) groups is 1. The zero-order valence-corrected chi connectivity index (χ0v) is 24.7. The van der Waals surface area contributed by atoms with Gasteiger partial charge in [-0.2, -0.15) is 4.98 Å². The number of hydrogen-bond acceptors (Lipinski definition) is 7. The molecular formula is C36H32N6O3. The van der Waals surface area contributed by atoms with Crippen molar-refractivity contribution in [2.75, 3.05) is 31.1 Å². The van der Waals surface area contributed by atoms with Gasteiger partial charge in [-0.3, -0.25) is 0 Å². The molecule has 3 heterocycles. The van der Waals surface area contributed by atoms with Crippen LogP contribution < -0.4 is 15.0 Å². The molecule has 224 valence electrons. The summed E-state index contributed by atoms with van der Waals surface area (Å²) in [4.78, 5) is 26.9. The van der Waals surface area contributed by atoms with Crippen molar-refractivity contribution in [3.05, 3.63) is 132 Å². The Labute approximate surface area is 261 Å². The first-order valence-corrected chi connectivity index (χ1v) is 15.0. The number of ether oxygens (including phenoxy) is 1. The van der Waals surface area contributed by atoms with Gasteiger partial charge in [0, 0.05) is 44.7 Å². The maximum absolute atomic E-state index is 13.0. The van der Waals surface area contributed by atoms with E-state index in [2.05, 4.69) is 27.5 Å². The van der Waals surface area contributed by atoms with Gasteiger partial charge in [0.05, 0.1) is 0 Å². The fraction of sp³-hybridized carbons (Fsp3) is 0.167. The van der Waals surface area contributed by atoms with Gasteiger partial charge in [-0.15, -0.1) is 0 Å². The van der Waals surface area contributed by atoms with Crippen LogP contribution in [0, 0.1) is 0 Å². The minimum atomic E-state index is -0.0722. The molecule has 0 aliphatic carbocycles. The molecule has 0 unspecified atom stereocenters. The number of benzene rings is 4. The molecule has 45 heavy (non-hydrogen) atoms. The van der Waals surface area contributed by atoms with Gasteiger partial charge >= 0.3 is 6.03 Å². The average molecular weight is 597 g/mol. The predicted molar refractivity (Wildman–Crippen MR) is 173 cm³/mol. The molecule has 0 atom stereocenters. The maximum atomic E-state index is 13.0. The lowest BCUT2D eigenvalue weighted by molar-refractivity contribution is 0.194. The number of para-hydroxylation sites is 1. The summed E-state index contributed by atoms with van der Waals surface area (Å²) in [6.07, 6.45) is 0.558. The Balaban J connectivity index is 1.17. The van der Waals surface area contributed by atoms with Crippen LogP contribution in [-0.2, 0) is 13.0 Å². The zero-order chi connectivity index (χ0) is 30.4. The third-order valence-electron chi connectivity index (χ3n) is 7.81. The highest BCUT2D eigenvalue weighted by molar-refractivity contribution is 5.98. The third kappa shape index (κ3) is 6.47. The number of rotatable bonds is 8. The first-order valence-electron chi connectivity index (χ1n) is 15.0. The standard InChI is InChI=1S/C36H32N6O3/c43-36(37-25-27-13-6-2-7-14-27)42-21-19-41(20-22-42)34-32-33(28-15-10-18-30(24-28)44-29-16-8-3-9-17-29)40-45-35(32)39-31(38-34)23-26-11-4-1-5-12-26/h1-18,24H,19-23,25H2,(H,37,43). The van der Waals surface area contributed by atoms with E-state index in [4.69, 9.17) is 19.2 Å². The van der Waals surface area contributed by atoms with Crippen LogP contribution >= 0.6 is 0 Å². The van der Waals surface area contributed by atoms with Crippen LogP contribution in [0.2, 0.25) is 0 Å². The monoisotopic (exact) mass is 596 g/mol. The minimum absolute atomic E-state index is 0.0722. The van der Waals surface area contributed by atoms with Crippen LogP contribution in [0.1, 0.15) is 17.0 Å². The Morgan fingerprint density at radius 2 is 1.42 bits per heavy atom. The van der Waals surface area contributed by atoms with Gasteiger partial charge in [0.25, 0.3) is 5.71 Å². The molecule has 0 spiro atoms. The van der Waals surface area contributed by atoms with Crippen molar-refractivity contribution in [3.63, 3.8) is 0 Å². The number of nitrogens with one attached hydrogen (secondary N) is 1. The van der Waals surface area contributed by atoms with Gasteiger partial charge in [0.2, 0.25) is 0 Å². The Hall–Kier alpha value is -5.70. The quantitative estimate of drug-likeness (QED) is 0.209. The van der Waals surface area contributed by atoms with Gasteiger partial charge in [-0.1, -0.05) is 96.2 Å². The normalized spacial score (nSPS) is 13.2. The number of urea groups is 1. The smallest absolute Gasteiger partial charge is 0.317 e. The van der Waals surface area contributed by atoms with E-state index in [-0.39, 0.29) is 6.03 Å². The molecule has 7 rings (SSSR count). The van der Waals surface area contributed by atoms with Crippen LogP contribution in [0.3, 0.4) is 0 Å². The number of aromatic nitrogens is 3. The van der Waals surface area contributed by atoms with Crippen molar-refractivity contribution in [1.82, 2.24) is 25.3 Å². The SMILES string of the molecule is O=C(NCc1ccccc1)N1CCN(c2nc(Cc3ccccc3)nc3onc(-c4cccc(Oc5ccccc5)c4)c23)CC1. The van der Waals surface area contributed by atoms with Crippen molar-refractivity contribution >= 4 is 22.9 Å². The molecule has 6 aromatic rings. The molecule has 0 bridgehead atoms. The van der Waals surface area contributed by atoms with Crippen LogP contribution in [0.25, 0.3) is 22.4 Å². The fourth-order valence-corrected chi connectivity index (χ4v) is 5.50. The highest BCUT2D eigenvalue weighted by atomic mass is 16.5. The Bertz CT molecular complexity index is 1890. The Kier molecular flexibility index (Phi) is 8.05. The van der Waals surface area contributed by atoms with Crippen molar-refractivity contribution in [1.29, 1.82) is 0 Å². The summed E-state index contributed by atoms with van der Waals surface area (Å²) >= 11 is 0. The summed E-state index contributed by atoms with van der Waals surface area (Å²) in [5, 5.41) is 8.27. The average Bonchev–Trinajstić information content (AvgIpc) is 3.53. The van der Waals surface area contributed by atoms with Crippen LogP contribution in [0.15, 0.2) is 120 Å². The van der Waals surface area contributed by atoms with E-state index in [0.29, 0.717) is 62.1 Å². The van der Waals surface area contributed by atoms with Gasteiger partial charge in [-0.25, -0.2) is 9.78 Å². The van der Waals surface area contributed by atoms with Gasteiger partial charge in [0.1, 0.15) is 34.2 Å². The van der Waals surface area contributed by atoms with E-state index in [1.165, 1.54) is 0 Å². The molecule has 1 aliphatic heterocycles. The van der Waals surface area contributed by atoms with E-state index >= 15 is 0 Å². The fourth-order valence-electron chi connectivity index (χ4n) is 5.50. The summed E-state index contributed by atoms with van der Waals surface area (Å²) < 4.78 is 12.0. The molecule has 4 aromatic carbocycles. The van der Waals surface area contributed by atoms with Gasteiger partial charge < -0.3 is 24.4 Å². The second-order valence-electron chi connectivity index (χ2n) is 10.9. The molecular weight excluding hydrogens is 564 g/mol. The molecule has 1 aliphatic rings. The number of amides is 2. The van der Waals surface area contributed by atoms with E-state index in [0.717, 1.165) is 33.6 Å². The maximum Gasteiger partial charge on any atom is 0.317 e. The number of carbonyl (C=O) groups excluding carboxylic acids is 1. The summed E-state index contributed by atoms with van der Waals surface area (Å²) in [6.45, 7) is 2.82. The summed E-state index contributed by atoms with van der Waals surface area (Å²) in [6, 6.07) is 37.4. The highest BCUT2D eigenvalue weighted by Crippen LogP contribution is 2.36. The second kappa shape index (κ2) is 12.9. The van der Waals surface area contributed by atoms with Gasteiger partial charge in [0.15, 0.2) is 0 Å². The first kappa shape index (κ1) is 28.1. The van der Waals surface area contributed by atoms with E-state index in [1.807, 2.05) is 108 Å². The third-order valence-corrected chi connectivity index (χ3v) is 7.81. The van der Waals surface area contributed by atoms with E-state index in [1.54, 1.807) is 0 Å². The summed E-state index contributed by atoms with van der Waals surface area (Å²) in [5.74, 6) is 2.84. The number of piperazine rings is 1. The number of anilines is 1. The molecule has 2 aromatic heterocycles. The molecule has 1 saturated heterocycles. The molecule has 9 nitrogen and oxygen atoms in total. The molecule has 2 amide bonds. The largest absolute Gasteiger partial charge is 0.457 e. The molecule has 9 heteroatoms. The number of hydrogen-bond donors (Lipinski definition) is 1. The predicted octanol–water partition coefficient (Wildman–Crippen LogP) is 6.70. The summed E-state index contributed by atoms with van der Waals surface area (Å²) in [5.41, 5.74) is 4.08. The molecule has 1 N–H and O–H groups in total. The lowest BCUT2D eigenvalue weighted by atomic mass is 10.1. The van der Waals surface area contributed by atoms with Gasteiger partial charge in [-0.05, 0) is 35.4 Å². The lowest BCUT2D eigenvalue weighted by Gasteiger charge is -2.35. The van der Waals surface area contributed by atoms with Crippen molar-refractivity contribution in [2.45, 2.75) is 13.0 Å². The zero-order valence-electron chi connectivity index (χ0n) is 24.7. The topological polar surface area (TPSA) is 96.6 Å². The highest BCUT2D eigenvalue weighted by Gasteiger charge is 2.27. The van der Waals surface area contributed by atoms with E-state index in [9.17, 15) is 4.79 Å².